The zero-order chi connectivity index (χ0) is 19.1. The van der Waals surface area contributed by atoms with E-state index in [9.17, 15) is 14.4 Å². The highest BCUT2D eigenvalue weighted by molar-refractivity contribution is 5.90. The summed E-state index contributed by atoms with van der Waals surface area (Å²) in [6, 6.07) is 3.85. The molecule has 140 valence electrons. The molecule has 0 aliphatic carbocycles. The van der Waals surface area contributed by atoms with Gasteiger partial charge in [-0.25, -0.2) is 0 Å². The summed E-state index contributed by atoms with van der Waals surface area (Å²) < 4.78 is 0. The van der Waals surface area contributed by atoms with E-state index in [0.29, 0.717) is 19.6 Å². The Labute approximate surface area is 153 Å². The number of nitrogens with one attached hydrogen (secondary N) is 1. The Hall–Kier alpha value is -2.44. The van der Waals surface area contributed by atoms with E-state index in [1.54, 1.807) is 23.0 Å². The average Bonchev–Trinajstić information content (AvgIpc) is 2.94. The van der Waals surface area contributed by atoms with Gasteiger partial charge in [-0.2, -0.15) is 0 Å². The Morgan fingerprint density at radius 2 is 1.96 bits per heavy atom. The summed E-state index contributed by atoms with van der Waals surface area (Å²) in [6.07, 6.45) is 1.98. The van der Waals surface area contributed by atoms with Crippen LogP contribution < -0.4 is 5.32 Å². The van der Waals surface area contributed by atoms with Crippen LogP contribution in [-0.2, 0) is 19.8 Å². The summed E-state index contributed by atoms with van der Waals surface area (Å²) in [5, 5.41) is 2.60. The van der Waals surface area contributed by atoms with Gasteiger partial charge in [0.2, 0.25) is 17.7 Å². The van der Waals surface area contributed by atoms with Crippen molar-refractivity contribution in [2.75, 3.05) is 26.7 Å². The molecule has 1 aromatic rings. The van der Waals surface area contributed by atoms with Crippen LogP contribution in [0, 0.1) is 12.8 Å². The Kier molecular flexibility index (Phi) is 4.73. The molecule has 3 heterocycles. The minimum absolute atomic E-state index is 0.00220. The molecule has 3 rings (SSSR count). The number of pyridine rings is 1. The maximum atomic E-state index is 12.9. The molecular weight excluding hydrogens is 332 g/mol. The van der Waals surface area contributed by atoms with Gasteiger partial charge in [0.05, 0.1) is 23.1 Å². The number of nitrogens with zero attached hydrogens (tertiary/aromatic N) is 3. The highest BCUT2D eigenvalue weighted by Crippen LogP contribution is 2.30. The summed E-state index contributed by atoms with van der Waals surface area (Å²) >= 11 is 0. The number of aromatic nitrogens is 1. The lowest BCUT2D eigenvalue weighted by Gasteiger charge is -2.46. The van der Waals surface area contributed by atoms with E-state index in [-0.39, 0.29) is 36.1 Å². The van der Waals surface area contributed by atoms with Gasteiger partial charge in [0.15, 0.2) is 0 Å². The van der Waals surface area contributed by atoms with E-state index >= 15 is 0 Å². The van der Waals surface area contributed by atoms with Crippen LogP contribution in [-0.4, -0.2) is 65.2 Å². The zero-order valence-corrected chi connectivity index (χ0v) is 15.8. The number of hydrogen-bond donors (Lipinski definition) is 1. The highest BCUT2D eigenvalue weighted by Gasteiger charge is 2.46. The number of rotatable bonds is 4. The van der Waals surface area contributed by atoms with Crippen molar-refractivity contribution < 1.29 is 14.4 Å². The second kappa shape index (κ2) is 6.70. The van der Waals surface area contributed by atoms with E-state index in [1.807, 2.05) is 32.9 Å². The van der Waals surface area contributed by atoms with Gasteiger partial charge in [0.25, 0.3) is 0 Å². The summed E-state index contributed by atoms with van der Waals surface area (Å²) in [7, 11) is 1.58. The zero-order valence-electron chi connectivity index (χ0n) is 15.8. The van der Waals surface area contributed by atoms with Crippen molar-refractivity contribution in [3.05, 3.63) is 29.6 Å². The lowest BCUT2D eigenvalue weighted by molar-refractivity contribution is -0.148. The number of likely N-dealkylation sites (tertiary alicyclic amines) is 2. The summed E-state index contributed by atoms with van der Waals surface area (Å²) in [5.41, 5.74) is 1.11. The van der Waals surface area contributed by atoms with E-state index < -0.39 is 5.41 Å². The minimum Gasteiger partial charge on any atom is -0.359 e. The first-order chi connectivity index (χ1) is 12.2. The molecule has 7 nitrogen and oxygen atoms in total. The first kappa shape index (κ1) is 18.4. The molecule has 2 aliphatic heterocycles. The molecule has 2 saturated heterocycles. The van der Waals surface area contributed by atoms with Gasteiger partial charge in [0, 0.05) is 39.3 Å². The maximum absolute atomic E-state index is 12.9. The molecule has 1 unspecified atom stereocenters. The molecule has 2 fully saturated rings. The van der Waals surface area contributed by atoms with E-state index in [1.165, 1.54) is 0 Å². The van der Waals surface area contributed by atoms with Crippen LogP contribution in [0.5, 0.6) is 0 Å². The van der Waals surface area contributed by atoms with Crippen molar-refractivity contribution >= 4 is 17.7 Å². The molecule has 0 spiro atoms. The van der Waals surface area contributed by atoms with Gasteiger partial charge in [-0.3, -0.25) is 19.4 Å². The number of aryl methyl sites for hydroxylation is 1. The van der Waals surface area contributed by atoms with Crippen LogP contribution in [0.2, 0.25) is 0 Å². The Bertz CT molecular complexity index is 740. The van der Waals surface area contributed by atoms with Crippen molar-refractivity contribution in [1.29, 1.82) is 0 Å². The molecule has 1 N–H and O–H groups in total. The fraction of sp³-hybridized carbons (Fsp3) is 0.579. The molecule has 2 aliphatic rings. The molecule has 0 aromatic carbocycles. The number of amides is 3. The van der Waals surface area contributed by atoms with Gasteiger partial charge in [0.1, 0.15) is 0 Å². The fourth-order valence-electron chi connectivity index (χ4n) is 3.67. The average molecular weight is 358 g/mol. The van der Waals surface area contributed by atoms with E-state index in [2.05, 4.69) is 10.3 Å². The first-order valence-electron chi connectivity index (χ1n) is 8.97. The van der Waals surface area contributed by atoms with Crippen LogP contribution in [0.15, 0.2) is 18.3 Å². The molecule has 7 heteroatoms. The van der Waals surface area contributed by atoms with Crippen molar-refractivity contribution in [2.45, 2.75) is 38.6 Å². The Balaban J connectivity index is 1.62. The normalized spacial score (nSPS) is 20.9. The first-order valence-corrected chi connectivity index (χ1v) is 8.97. The highest BCUT2D eigenvalue weighted by atomic mass is 16.2. The van der Waals surface area contributed by atoms with E-state index in [0.717, 1.165) is 11.3 Å². The third-order valence-corrected chi connectivity index (χ3v) is 5.46. The Morgan fingerprint density at radius 1 is 1.27 bits per heavy atom. The van der Waals surface area contributed by atoms with Crippen LogP contribution in [0.4, 0.5) is 0 Å². The molecule has 3 amide bonds. The minimum atomic E-state index is -0.712. The van der Waals surface area contributed by atoms with Crippen molar-refractivity contribution in [3.63, 3.8) is 0 Å². The molecule has 26 heavy (non-hydrogen) atoms. The molecule has 0 radical (unpaired) electrons. The van der Waals surface area contributed by atoms with Gasteiger partial charge >= 0.3 is 0 Å². The SMILES string of the molecule is CNC(=O)C1CC(=O)N(C2CN(C(=O)C(C)(C)c3cc(C)ccn3)C2)C1. The quantitative estimate of drug-likeness (QED) is 0.848. The van der Waals surface area contributed by atoms with Crippen molar-refractivity contribution in [2.24, 2.45) is 5.92 Å². The molecular formula is C19H26N4O3. The predicted octanol–water partition coefficient (Wildman–Crippen LogP) is 0.473. The van der Waals surface area contributed by atoms with Gasteiger partial charge in [-0.05, 0) is 38.5 Å². The second-order valence-electron chi connectivity index (χ2n) is 7.77. The van der Waals surface area contributed by atoms with Crippen LogP contribution in [0.25, 0.3) is 0 Å². The van der Waals surface area contributed by atoms with Crippen molar-refractivity contribution in [3.8, 4) is 0 Å². The summed E-state index contributed by atoms with van der Waals surface area (Å²) in [4.78, 5) is 44.8. The topological polar surface area (TPSA) is 82.6 Å². The standard InChI is InChI=1S/C19H26N4O3/c1-12-5-6-21-15(7-12)19(2,3)18(26)22-10-14(11-22)23-9-13(8-16(23)24)17(25)20-4/h5-7,13-14H,8-11H2,1-4H3,(H,20,25). The van der Waals surface area contributed by atoms with Crippen LogP contribution in [0.1, 0.15) is 31.5 Å². The number of carbonyl (C=O) groups excluding carboxylic acids is 3. The van der Waals surface area contributed by atoms with Crippen molar-refractivity contribution in [1.82, 2.24) is 20.1 Å². The van der Waals surface area contributed by atoms with Crippen LogP contribution >= 0.6 is 0 Å². The number of hydrogen-bond acceptors (Lipinski definition) is 4. The van der Waals surface area contributed by atoms with Gasteiger partial charge < -0.3 is 15.1 Å². The van der Waals surface area contributed by atoms with Gasteiger partial charge in [-0.1, -0.05) is 0 Å². The predicted molar refractivity (Wildman–Crippen MR) is 96.3 cm³/mol. The third-order valence-electron chi connectivity index (χ3n) is 5.46. The lowest BCUT2D eigenvalue weighted by Crippen LogP contribution is -2.64. The molecule has 1 atom stereocenters. The molecule has 0 bridgehead atoms. The second-order valence-corrected chi connectivity index (χ2v) is 7.77. The third kappa shape index (κ3) is 3.18. The monoisotopic (exact) mass is 358 g/mol. The fourth-order valence-corrected chi connectivity index (χ4v) is 3.67. The van der Waals surface area contributed by atoms with Crippen LogP contribution in [0.3, 0.4) is 0 Å². The molecule has 0 saturated carbocycles. The van der Waals surface area contributed by atoms with E-state index in [4.69, 9.17) is 0 Å². The summed E-state index contributed by atoms with van der Waals surface area (Å²) in [5.74, 6) is -0.374. The maximum Gasteiger partial charge on any atom is 0.234 e. The number of carbonyl (C=O) groups is 3. The molecule has 1 aromatic heterocycles. The summed E-state index contributed by atoms with van der Waals surface area (Å²) in [6.45, 7) is 7.21. The largest absolute Gasteiger partial charge is 0.359 e. The Morgan fingerprint density at radius 3 is 2.58 bits per heavy atom. The lowest BCUT2D eigenvalue weighted by atomic mass is 9.85. The smallest absolute Gasteiger partial charge is 0.234 e. The van der Waals surface area contributed by atoms with Gasteiger partial charge in [-0.15, -0.1) is 0 Å².